The Morgan fingerprint density at radius 1 is 1.17 bits per heavy atom. The molecule has 18 heavy (non-hydrogen) atoms. The van der Waals surface area contributed by atoms with Crippen molar-refractivity contribution in [3.05, 3.63) is 35.1 Å². The number of aryl methyl sites for hydroxylation is 1. The molecule has 100 valence electrons. The van der Waals surface area contributed by atoms with Crippen LogP contribution >= 0.6 is 0 Å². The first-order chi connectivity index (χ1) is 8.47. The summed E-state index contributed by atoms with van der Waals surface area (Å²) in [5, 5.41) is 10.4. The van der Waals surface area contributed by atoms with Gasteiger partial charge in [-0.1, -0.05) is 26.3 Å². The van der Waals surface area contributed by atoms with Crippen LogP contribution in [0.25, 0.3) is 0 Å². The molecule has 0 radical (unpaired) electrons. The predicted molar refractivity (Wildman–Crippen MR) is 71.8 cm³/mol. The Morgan fingerprint density at radius 3 is 2.50 bits per heavy atom. The van der Waals surface area contributed by atoms with Gasteiger partial charge >= 0.3 is 0 Å². The number of benzene rings is 1. The first-order valence-electron chi connectivity index (χ1n) is 6.92. The lowest BCUT2D eigenvalue weighted by atomic mass is 9.73. The van der Waals surface area contributed by atoms with E-state index in [9.17, 15) is 9.50 Å². The van der Waals surface area contributed by atoms with Crippen molar-refractivity contribution in [1.82, 2.24) is 0 Å². The second kappa shape index (κ2) is 5.40. The molecule has 0 spiro atoms. The van der Waals surface area contributed by atoms with E-state index in [0.717, 1.165) is 36.3 Å². The predicted octanol–water partition coefficient (Wildman–Crippen LogP) is 4.24. The molecule has 0 heterocycles. The summed E-state index contributed by atoms with van der Waals surface area (Å²) < 4.78 is 13.4. The van der Waals surface area contributed by atoms with Crippen LogP contribution in [0.4, 0.5) is 4.39 Å². The fraction of sp³-hybridized carbons (Fsp3) is 0.625. The van der Waals surface area contributed by atoms with Crippen molar-refractivity contribution >= 4 is 0 Å². The maximum Gasteiger partial charge on any atom is 0.123 e. The molecular weight excluding hydrogens is 227 g/mol. The zero-order valence-corrected chi connectivity index (χ0v) is 11.5. The van der Waals surface area contributed by atoms with E-state index < -0.39 is 6.10 Å². The summed E-state index contributed by atoms with van der Waals surface area (Å²) in [7, 11) is 0. The average Bonchev–Trinajstić information content (AvgIpc) is 2.30. The molecule has 1 aliphatic rings. The van der Waals surface area contributed by atoms with Crippen LogP contribution in [-0.2, 0) is 0 Å². The minimum atomic E-state index is -0.519. The summed E-state index contributed by atoms with van der Waals surface area (Å²) in [5.74, 6) is 1.41. The first kappa shape index (κ1) is 13.5. The molecule has 2 rings (SSSR count). The van der Waals surface area contributed by atoms with E-state index in [1.165, 1.54) is 12.1 Å². The monoisotopic (exact) mass is 250 g/mol. The van der Waals surface area contributed by atoms with Crippen LogP contribution in [-0.4, -0.2) is 5.11 Å². The third kappa shape index (κ3) is 2.92. The van der Waals surface area contributed by atoms with Gasteiger partial charge in [0, 0.05) is 0 Å². The lowest BCUT2D eigenvalue weighted by Crippen LogP contribution is -2.25. The second-order valence-electron chi connectivity index (χ2n) is 6.03. The number of aliphatic hydroxyl groups excluding tert-OH is 1. The van der Waals surface area contributed by atoms with Gasteiger partial charge in [0.1, 0.15) is 5.82 Å². The average molecular weight is 250 g/mol. The van der Waals surface area contributed by atoms with Gasteiger partial charge in [0.05, 0.1) is 6.10 Å². The summed E-state index contributed by atoms with van der Waals surface area (Å²) in [6, 6.07) is 4.87. The van der Waals surface area contributed by atoms with Gasteiger partial charge in [-0.25, -0.2) is 4.39 Å². The Morgan fingerprint density at radius 2 is 1.89 bits per heavy atom. The first-order valence-corrected chi connectivity index (χ1v) is 6.92. The maximum atomic E-state index is 13.4. The molecule has 4 unspecified atom stereocenters. The fourth-order valence-electron chi connectivity index (χ4n) is 3.08. The summed E-state index contributed by atoms with van der Waals surface area (Å²) >= 11 is 0. The van der Waals surface area contributed by atoms with Crippen LogP contribution in [0.15, 0.2) is 18.2 Å². The van der Waals surface area contributed by atoms with Crippen molar-refractivity contribution in [2.45, 2.75) is 46.1 Å². The Hall–Kier alpha value is -0.890. The molecule has 0 aliphatic heterocycles. The molecule has 0 aromatic heterocycles. The topological polar surface area (TPSA) is 20.2 Å². The molecule has 1 saturated carbocycles. The van der Waals surface area contributed by atoms with E-state index in [1.54, 1.807) is 0 Å². The number of hydrogen-bond acceptors (Lipinski definition) is 1. The molecule has 1 fully saturated rings. The molecule has 2 heteroatoms. The molecular formula is C16H23FO. The Bertz CT molecular complexity index is 395. The van der Waals surface area contributed by atoms with Crippen LogP contribution in [0, 0.1) is 30.5 Å². The SMILES string of the molecule is Cc1cc(F)cc(C(O)C2CCC(C)C(C)C2)c1. The van der Waals surface area contributed by atoms with Gasteiger partial charge < -0.3 is 5.11 Å². The fourth-order valence-corrected chi connectivity index (χ4v) is 3.08. The highest BCUT2D eigenvalue weighted by molar-refractivity contribution is 5.25. The van der Waals surface area contributed by atoms with E-state index in [4.69, 9.17) is 0 Å². The van der Waals surface area contributed by atoms with Crippen LogP contribution in [0.1, 0.15) is 50.3 Å². The number of rotatable bonds is 2. The quantitative estimate of drug-likeness (QED) is 0.832. The van der Waals surface area contributed by atoms with Gasteiger partial charge in [0.25, 0.3) is 0 Å². The molecule has 1 nitrogen and oxygen atoms in total. The molecule has 0 bridgehead atoms. The van der Waals surface area contributed by atoms with Crippen molar-refractivity contribution in [2.24, 2.45) is 17.8 Å². The Kier molecular flexibility index (Phi) is 4.06. The van der Waals surface area contributed by atoms with Gasteiger partial charge in [-0.05, 0) is 60.8 Å². The third-order valence-electron chi connectivity index (χ3n) is 4.49. The standard InChI is InChI=1S/C16H23FO/c1-10-6-14(9-15(17)7-10)16(18)13-5-4-11(2)12(3)8-13/h6-7,9,11-13,16,18H,4-5,8H2,1-3H3. The Balaban J connectivity index is 2.13. The zero-order valence-electron chi connectivity index (χ0n) is 11.5. The molecule has 0 saturated heterocycles. The summed E-state index contributed by atoms with van der Waals surface area (Å²) in [4.78, 5) is 0. The van der Waals surface area contributed by atoms with E-state index in [-0.39, 0.29) is 11.7 Å². The van der Waals surface area contributed by atoms with Gasteiger partial charge in [0.2, 0.25) is 0 Å². The van der Waals surface area contributed by atoms with E-state index in [0.29, 0.717) is 5.92 Å². The van der Waals surface area contributed by atoms with Crippen molar-refractivity contribution in [1.29, 1.82) is 0 Å². The summed E-state index contributed by atoms with van der Waals surface area (Å²) in [6.07, 6.45) is 2.73. The smallest absolute Gasteiger partial charge is 0.123 e. The van der Waals surface area contributed by atoms with Gasteiger partial charge in [-0.2, -0.15) is 0 Å². The molecule has 0 amide bonds. The second-order valence-corrected chi connectivity index (χ2v) is 6.03. The summed E-state index contributed by atoms with van der Waals surface area (Å²) in [5.41, 5.74) is 1.61. The van der Waals surface area contributed by atoms with Gasteiger partial charge in [0.15, 0.2) is 0 Å². The lowest BCUT2D eigenvalue weighted by Gasteiger charge is -2.34. The van der Waals surface area contributed by atoms with Gasteiger partial charge in [-0.3, -0.25) is 0 Å². The lowest BCUT2D eigenvalue weighted by molar-refractivity contribution is 0.0558. The van der Waals surface area contributed by atoms with Crippen molar-refractivity contribution in [3.63, 3.8) is 0 Å². The highest BCUT2D eigenvalue weighted by Crippen LogP contribution is 2.39. The van der Waals surface area contributed by atoms with Crippen molar-refractivity contribution in [3.8, 4) is 0 Å². The third-order valence-corrected chi connectivity index (χ3v) is 4.49. The highest BCUT2D eigenvalue weighted by Gasteiger charge is 2.30. The van der Waals surface area contributed by atoms with E-state index in [1.807, 2.05) is 13.0 Å². The Labute approximate surface area is 109 Å². The zero-order chi connectivity index (χ0) is 13.3. The maximum absolute atomic E-state index is 13.4. The molecule has 1 N–H and O–H groups in total. The van der Waals surface area contributed by atoms with Crippen molar-refractivity contribution < 1.29 is 9.50 Å². The van der Waals surface area contributed by atoms with E-state index in [2.05, 4.69) is 13.8 Å². The largest absolute Gasteiger partial charge is 0.388 e. The normalized spacial score (nSPS) is 30.2. The van der Waals surface area contributed by atoms with Crippen LogP contribution in [0.5, 0.6) is 0 Å². The number of halogens is 1. The van der Waals surface area contributed by atoms with Crippen LogP contribution in [0.3, 0.4) is 0 Å². The molecule has 1 aromatic rings. The molecule has 1 aromatic carbocycles. The van der Waals surface area contributed by atoms with Crippen LogP contribution in [0.2, 0.25) is 0 Å². The van der Waals surface area contributed by atoms with E-state index >= 15 is 0 Å². The van der Waals surface area contributed by atoms with Crippen molar-refractivity contribution in [2.75, 3.05) is 0 Å². The minimum Gasteiger partial charge on any atom is -0.388 e. The van der Waals surface area contributed by atoms with Gasteiger partial charge in [-0.15, -0.1) is 0 Å². The van der Waals surface area contributed by atoms with Crippen LogP contribution < -0.4 is 0 Å². The number of hydrogen-bond donors (Lipinski definition) is 1. The summed E-state index contributed by atoms with van der Waals surface area (Å²) in [6.45, 7) is 6.39. The highest BCUT2D eigenvalue weighted by atomic mass is 19.1. The molecule has 4 atom stereocenters. The number of aliphatic hydroxyl groups is 1. The molecule has 1 aliphatic carbocycles. The minimum absolute atomic E-state index is 0.249.